The van der Waals surface area contributed by atoms with Crippen LogP contribution in [0.1, 0.15) is 0 Å². The van der Waals surface area contributed by atoms with Gasteiger partial charge in [0.05, 0.1) is 39.2 Å². The number of thiophene rings is 1. The standard InChI is InChI=1S/C41H23N3OS/c1-5-16-31-28(13-1)37(34-23-42-30-15-4-6-17-32(30)44(31)34)24-10-9-11-25(22-24)43-33-21-20-27-26-12-3-8-19-36(26)46-40(27)39(33)38-29-14-2-7-18-35(29)45-41(38)43/h1-23H. The topological polar surface area (TPSA) is 35.4 Å². The van der Waals surface area contributed by atoms with E-state index in [1.54, 1.807) is 0 Å². The molecule has 0 N–H and O–H groups in total. The van der Waals surface area contributed by atoms with Crippen molar-refractivity contribution in [1.29, 1.82) is 0 Å². The summed E-state index contributed by atoms with van der Waals surface area (Å²) in [5.74, 6) is 0. The summed E-state index contributed by atoms with van der Waals surface area (Å²) >= 11 is 1.87. The van der Waals surface area contributed by atoms with Crippen molar-refractivity contribution in [3.63, 3.8) is 0 Å². The average molecular weight is 606 g/mol. The minimum absolute atomic E-state index is 0.873. The monoisotopic (exact) mass is 605 g/mol. The molecule has 0 amide bonds. The smallest absolute Gasteiger partial charge is 0.213 e. The van der Waals surface area contributed by atoms with Gasteiger partial charge in [0.1, 0.15) is 5.58 Å². The molecule has 5 aromatic heterocycles. The van der Waals surface area contributed by atoms with Crippen LogP contribution in [-0.2, 0) is 0 Å². The Morgan fingerprint density at radius 3 is 2.28 bits per heavy atom. The number of benzene rings is 6. The summed E-state index contributed by atoms with van der Waals surface area (Å²) in [5, 5.41) is 7.36. The molecule has 0 aliphatic carbocycles. The van der Waals surface area contributed by atoms with Crippen LogP contribution in [0.2, 0.25) is 0 Å². The molecule has 6 aromatic carbocycles. The molecule has 11 rings (SSSR count). The number of para-hydroxylation sites is 4. The first kappa shape index (κ1) is 24.4. The molecule has 11 aromatic rings. The molecular formula is C41H23N3OS. The summed E-state index contributed by atoms with van der Waals surface area (Å²) < 4.78 is 14.0. The van der Waals surface area contributed by atoms with Crippen molar-refractivity contribution in [3.8, 4) is 16.8 Å². The molecule has 0 radical (unpaired) electrons. The molecule has 0 aliphatic heterocycles. The van der Waals surface area contributed by atoms with Gasteiger partial charge in [-0.05, 0) is 54.1 Å². The molecule has 4 nitrogen and oxygen atoms in total. The van der Waals surface area contributed by atoms with Crippen molar-refractivity contribution >= 4 is 91.9 Å². The Morgan fingerprint density at radius 1 is 0.565 bits per heavy atom. The van der Waals surface area contributed by atoms with E-state index >= 15 is 0 Å². The van der Waals surface area contributed by atoms with E-state index in [4.69, 9.17) is 9.40 Å². The summed E-state index contributed by atoms with van der Waals surface area (Å²) in [6.07, 6.45) is 2.02. The Bertz CT molecular complexity index is 3040. The number of furan rings is 1. The molecular weight excluding hydrogens is 583 g/mol. The van der Waals surface area contributed by atoms with E-state index in [0.29, 0.717) is 0 Å². The first-order valence-electron chi connectivity index (χ1n) is 15.5. The largest absolute Gasteiger partial charge is 0.439 e. The highest BCUT2D eigenvalue weighted by atomic mass is 32.1. The number of hydrogen-bond donors (Lipinski definition) is 0. The summed E-state index contributed by atoms with van der Waals surface area (Å²) in [4.78, 5) is 4.88. The van der Waals surface area contributed by atoms with Crippen molar-refractivity contribution in [2.75, 3.05) is 0 Å². The first-order chi connectivity index (χ1) is 22.8. The fourth-order valence-corrected chi connectivity index (χ4v) is 8.89. The van der Waals surface area contributed by atoms with Crippen LogP contribution in [0.3, 0.4) is 0 Å². The Labute approximate surface area is 266 Å². The van der Waals surface area contributed by atoms with Crippen LogP contribution in [-0.4, -0.2) is 14.0 Å². The molecule has 5 heterocycles. The number of nitrogens with zero attached hydrogens (tertiary/aromatic N) is 3. The zero-order valence-electron chi connectivity index (χ0n) is 24.4. The number of fused-ring (bicyclic) bond motifs is 14. The molecule has 0 spiro atoms. The van der Waals surface area contributed by atoms with E-state index in [0.717, 1.165) is 50.0 Å². The van der Waals surface area contributed by atoms with Crippen LogP contribution in [0.4, 0.5) is 0 Å². The molecule has 0 bridgehead atoms. The molecule has 5 heteroatoms. The third-order valence-corrected chi connectivity index (χ3v) is 10.8. The van der Waals surface area contributed by atoms with Crippen LogP contribution in [0.5, 0.6) is 0 Å². The SMILES string of the molecule is c1cc(-c2c3ccccc3n3c2cnc2ccccc23)cc(-n2c3ccc4c5ccccc5sc4c3c3c4ccccc4oc32)c1. The molecule has 0 fully saturated rings. The van der Waals surface area contributed by atoms with E-state index in [2.05, 4.69) is 130 Å². The van der Waals surface area contributed by atoms with Gasteiger partial charge >= 0.3 is 0 Å². The minimum Gasteiger partial charge on any atom is -0.439 e. The molecule has 0 saturated heterocycles. The molecule has 46 heavy (non-hydrogen) atoms. The number of rotatable bonds is 2. The molecule has 0 unspecified atom stereocenters. The lowest BCUT2D eigenvalue weighted by Gasteiger charge is -2.10. The summed E-state index contributed by atoms with van der Waals surface area (Å²) in [5.41, 5.74) is 10.7. The van der Waals surface area contributed by atoms with E-state index in [1.165, 1.54) is 47.4 Å². The summed E-state index contributed by atoms with van der Waals surface area (Å²) in [6.45, 7) is 0. The maximum atomic E-state index is 6.72. The maximum Gasteiger partial charge on any atom is 0.213 e. The predicted molar refractivity (Wildman–Crippen MR) is 193 cm³/mol. The highest BCUT2D eigenvalue weighted by molar-refractivity contribution is 7.26. The van der Waals surface area contributed by atoms with Gasteiger partial charge in [-0.3, -0.25) is 9.55 Å². The Balaban J connectivity index is 1.25. The Hall–Kier alpha value is -5.91. The fourth-order valence-electron chi connectivity index (χ4n) is 7.64. The fraction of sp³-hybridized carbons (Fsp3) is 0. The number of aromatic nitrogens is 3. The second-order valence-corrected chi connectivity index (χ2v) is 13.0. The van der Waals surface area contributed by atoms with Crippen molar-refractivity contribution in [3.05, 3.63) is 140 Å². The van der Waals surface area contributed by atoms with E-state index in [9.17, 15) is 0 Å². The lowest BCUT2D eigenvalue weighted by molar-refractivity contribution is 0.645. The van der Waals surface area contributed by atoms with Crippen molar-refractivity contribution < 1.29 is 4.42 Å². The van der Waals surface area contributed by atoms with Crippen LogP contribution in [0, 0.1) is 0 Å². The molecule has 214 valence electrons. The van der Waals surface area contributed by atoms with Gasteiger partial charge in [-0.1, -0.05) is 84.9 Å². The van der Waals surface area contributed by atoms with E-state index in [-0.39, 0.29) is 0 Å². The van der Waals surface area contributed by atoms with Gasteiger partial charge in [-0.2, -0.15) is 0 Å². The van der Waals surface area contributed by atoms with Gasteiger partial charge in [0, 0.05) is 47.6 Å². The second kappa shape index (κ2) is 8.84. The second-order valence-electron chi connectivity index (χ2n) is 12.0. The third-order valence-electron chi connectivity index (χ3n) is 9.55. The van der Waals surface area contributed by atoms with Crippen LogP contribution >= 0.6 is 11.3 Å². The lowest BCUT2D eigenvalue weighted by atomic mass is 10.0. The van der Waals surface area contributed by atoms with E-state index < -0.39 is 0 Å². The Kier molecular flexibility index (Phi) is 4.69. The Morgan fingerprint density at radius 2 is 1.35 bits per heavy atom. The summed E-state index contributed by atoms with van der Waals surface area (Å²) in [7, 11) is 0. The molecule has 0 saturated carbocycles. The maximum absolute atomic E-state index is 6.72. The van der Waals surface area contributed by atoms with Gasteiger partial charge in [0.15, 0.2) is 0 Å². The van der Waals surface area contributed by atoms with Gasteiger partial charge < -0.3 is 8.82 Å². The highest BCUT2D eigenvalue weighted by Gasteiger charge is 2.23. The van der Waals surface area contributed by atoms with E-state index in [1.807, 2.05) is 29.7 Å². The predicted octanol–water partition coefficient (Wildman–Crippen LogP) is 11.5. The lowest BCUT2D eigenvalue weighted by Crippen LogP contribution is -1.94. The van der Waals surface area contributed by atoms with Crippen molar-refractivity contribution in [2.45, 2.75) is 0 Å². The third kappa shape index (κ3) is 3.10. The van der Waals surface area contributed by atoms with Crippen molar-refractivity contribution in [1.82, 2.24) is 14.0 Å². The molecule has 0 atom stereocenters. The average Bonchev–Trinajstić information content (AvgIpc) is 3.85. The normalized spacial score (nSPS) is 12.3. The van der Waals surface area contributed by atoms with Crippen LogP contribution in [0.15, 0.2) is 144 Å². The van der Waals surface area contributed by atoms with Crippen molar-refractivity contribution in [2.24, 2.45) is 0 Å². The van der Waals surface area contributed by atoms with Gasteiger partial charge in [-0.15, -0.1) is 11.3 Å². The van der Waals surface area contributed by atoms with Crippen LogP contribution < -0.4 is 0 Å². The summed E-state index contributed by atoms with van der Waals surface area (Å²) in [6, 6.07) is 47.6. The van der Waals surface area contributed by atoms with Gasteiger partial charge in [0.2, 0.25) is 5.71 Å². The van der Waals surface area contributed by atoms with Gasteiger partial charge in [0.25, 0.3) is 0 Å². The molecule has 0 aliphatic rings. The first-order valence-corrected chi connectivity index (χ1v) is 16.3. The zero-order chi connectivity index (χ0) is 29.9. The number of hydrogen-bond acceptors (Lipinski definition) is 3. The zero-order valence-corrected chi connectivity index (χ0v) is 25.3. The minimum atomic E-state index is 0.873. The van der Waals surface area contributed by atoms with Gasteiger partial charge in [-0.25, -0.2) is 0 Å². The highest BCUT2D eigenvalue weighted by Crippen LogP contribution is 2.46. The quantitative estimate of drug-likeness (QED) is 0.196. The van der Waals surface area contributed by atoms with Crippen LogP contribution in [0.25, 0.3) is 97.4 Å².